The minimum Gasteiger partial charge on any atom is -0.378 e. The van der Waals surface area contributed by atoms with E-state index < -0.39 is 0 Å². The van der Waals surface area contributed by atoms with Crippen molar-refractivity contribution in [2.75, 3.05) is 31.2 Å². The van der Waals surface area contributed by atoms with E-state index in [0.717, 1.165) is 37.7 Å². The first-order valence-corrected chi connectivity index (χ1v) is 6.65. The maximum absolute atomic E-state index is 5.34. The number of hydrogen-bond acceptors (Lipinski definition) is 4. The average Bonchev–Trinajstić information content (AvgIpc) is 2.55. The van der Waals surface area contributed by atoms with E-state index in [-0.39, 0.29) is 0 Å². The lowest BCUT2D eigenvalue weighted by molar-refractivity contribution is 0.122. The lowest BCUT2D eigenvalue weighted by atomic mass is 10.2. The Balaban J connectivity index is 1.79. The molecular weight excluding hydrogens is 250 g/mol. The van der Waals surface area contributed by atoms with E-state index >= 15 is 0 Å². The van der Waals surface area contributed by atoms with Crippen LogP contribution < -0.4 is 4.90 Å². The fourth-order valence-corrected chi connectivity index (χ4v) is 2.03. The molecule has 0 saturated carbocycles. The lowest BCUT2D eigenvalue weighted by Crippen LogP contribution is -2.36. The monoisotopic (exact) mass is 265 g/mol. The zero-order valence-electron chi connectivity index (χ0n) is 11.1. The maximum Gasteiger partial charge on any atom is 0.207 e. The zero-order chi connectivity index (χ0) is 13.6. The number of morpholine rings is 1. The van der Waals surface area contributed by atoms with Gasteiger partial charge in [-0.2, -0.15) is 0 Å². The van der Waals surface area contributed by atoms with Gasteiger partial charge in [0.25, 0.3) is 0 Å². The predicted molar refractivity (Wildman–Crippen MR) is 77.5 cm³/mol. The molecule has 1 aliphatic rings. The van der Waals surface area contributed by atoms with Crippen molar-refractivity contribution in [2.45, 2.75) is 0 Å². The number of rotatable bonds is 1. The van der Waals surface area contributed by atoms with E-state index in [1.54, 1.807) is 6.20 Å². The Bertz CT molecular complexity index is 625. The van der Waals surface area contributed by atoms with Crippen LogP contribution in [0.5, 0.6) is 0 Å². The number of ether oxygens (including phenoxy) is 1. The van der Waals surface area contributed by atoms with E-state index in [1.807, 2.05) is 36.4 Å². The fourth-order valence-electron chi connectivity index (χ4n) is 2.03. The van der Waals surface area contributed by atoms with E-state index in [1.165, 1.54) is 0 Å². The zero-order valence-corrected chi connectivity index (χ0v) is 11.1. The van der Waals surface area contributed by atoms with Gasteiger partial charge in [0.05, 0.1) is 13.2 Å². The summed E-state index contributed by atoms with van der Waals surface area (Å²) in [7, 11) is 0. The van der Waals surface area contributed by atoms with Gasteiger partial charge in [-0.15, -0.1) is 0 Å². The molecule has 1 aromatic carbocycles. The molecule has 0 amide bonds. The predicted octanol–water partition coefficient (Wildman–Crippen LogP) is 1.71. The number of hydrogen-bond donors (Lipinski definition) is 0. The SMILES string of the molecule is C(#Cc1nccc(N2CCOCC2)n1)c1ccccc1. The van der Waals surface area contributed by atoms with Crippen molar-refractivity contribution in [2.24, 2.45) is 0 Å². The van der Waals surface area contributed by atoms with E-state index in [0.29, 0.717) is 5.82 Å². The van der Waals surface area contributed by atoms with Crippen LogP contribution in [0, 0.1) is 11.8 Å². The largest absolute Gasteiger partial charge is 0.378 e. The van der Waals surface area contributed by atoms with Crippen LogP contribution in [-0.4, -0.2) is 36.3 Å². The molecule has 1 fully saturated rings. The van der Waals surface area contributed by atoms with E-state index in [4.69, 9.17) is 4.74 Å². The quantitative estimate of drug-likeness (QED) is 0.736. The van der Waals surface area contributed by atoms with Crippen molar-refractivity contribution in [3.63, 3.8) is 0 Å². The molecule has 20 heavy (non-hydrogen) atoms. The summed E-state index contributed by atoms with van der Waals surface area (Å²) >= 11 is 0. The van der Waals surface area contributed by atoms with Gasteiger partial charge in [0.2, 0.25) is 5.82 Å². The second kappa shape index (κ2) is 6.18. The van der Waals surface area contributed by atoms with Crippen molar-refractivity contribution in [3.05, 3.63) is 54.0 Å². The second-order valence-electron chi connectivity index (χ2n) is 4.45. The summed E-state index contributed by atoms with van der Waals surface area (Å²) in [6, 6.07) is 11.8. The van der Waals surface area contributed by atoms with Gasteiger partial charge in [-0.1, -0.05) is 24.1 Å². The van der Waals surface area contributed by atoms with Crippen LogP contribution in [0.25, 0.3) is 0 Å². The lowest BCUT2D eigenvalue weighted by Gasteiger charge is -2.27. The van der Waals surface area contributed by atoms with E-state index in [9.17, 15) is 0 Å². The molecule has 4 nitrogen and oxygen atoms in total. The molecule has 100 valence electrons. The Morgan fingerprint density at radius 1 is 1.00 bits per heavy atom. The Hall–Kier alpha value is -2.38. The van der Waals surface area contributed by atoms with Crippen molar-refractivity contribution >= 4 is 5.82 Å². The van der Waals surface area contributed by atoms with Crippen LogP contribution >= 0.6 is 0 Å². The topological polar surface area (TPSA) is 38.2 Å². The van der Waals surface area contributed by atoms with Gasteiger partial charge in [0.1, 0.15) is 5.82 Å². The Morgan fingerprint density at radius 2 is 1.80 bits per heavy atom. The summed E-state index contributed by atoms with van der Waals surface area (Å²) in [5, 5.41) is 0. The Morgan fingerprint density at radius 3 is 2.60 bits per heavy atom. The summed E-state index contributed by atoms with van der Waals surface area (Å²) < 4.78 is 5.34. The van der Waals surface area contributed by atoms with Crippen LogP contribution in [0.1, 0.15) is 11.4 Å². The summed E-state index contributed by atoms with van der Waals surface area (Å²) in [6.07, 6.45) is 1.76. The minimum atomic E-state index is 0.554. The maximum atomic E-state index is 5.34. The molecule has 0 radical (unpaired) electrons. The second-order valence-corrected chi connectivity index (χ2v) is 4.45. The van der Waals surface area contributed by atoms with E-state index in [2.05, 4.69) is 26.7 Å². The van der Waals surface area contributed by atoms with Crippen LogP contribution in [-0.2, 0) is 4.74 Å². The third kappa shape index (κ3) is 3.14. The van der Waals surface area contributed by atoms with Crippen molar-refractivity contribution in [1.82, 2.24) is 9.97 Å². The van der Waals surface area contributed by atoms with Crippen LogP contribution in [0.2, 0.25) is 0 Å². The first kappa shape index (κ1) is 12.6. The minimum absolute atomic E-state index is 0.554. The average molecular weight is 265 g/mol. The van der Waals surface area contributed by atoms with Crippen molar-refractivity contribution in [1.29, 1.82) is 0 Å². The summed E-state index contributed by atoms with van der Waals surface area (Å²) in [4.78, 5) is 10.9. The molecule has 2 aromatic rings. The molecular formula is C16H15N3O. The molecule has 3 rings (SSSR count). The smallest absolute Gasteiger partial charge is 0.207 e. The number of nitrogens with zero attached hydrogens (tertiary/aromatic N) is 3. The van der Waals surface area contributed by atoms with Gasteiger partial charge >= 0.3 is 0 Å². The molecule has 1 aromatic heterocycles. The third-order valence-corrected chi connectivity index (χ3v) is 3.07. The van der Waals surface area contributed by atoms with Gasteiger partial charge in [-0.05, 0) is 24.1 Å². The van der Waals surface area contributed by atoms with Crippen molar-refractivity contribution in [3.8, 4) is 11.8 Å². The van der Waals surface area contributed by atoms with Crippen molar-refractivity contribution < 1.29 is 4.74 Å². The standard InChI is InChI=1S/C16H15N3O/c1-2-4-14(5-3-1)6-7-15-17-9-8-16(18-15)19-10-12-20-13-11-19/h1-5,8-9H,10-13H2. The van der Waals surface area contributed by atoms with Gasteiger partial charge < -0.3 is 9.64 Å². The molecule has 4 heteroatoms. The molecule has 1 aliphatic heterocycles. The first-order valence-electron chi connectivity index (χ1n) is 6.65. The molecule has 0 N–H and O–H groups in total. The Labute approximate surface area is 118 Å². The molecule has 0 aliphatic carbocycles. The highest BCUT2D eigenvalue weighted by atomic mass is 16.5. The highest BCUT2D eigenvalue weighted by Crippen LogP contribution is 2.11. The van der Waals surface area contributed by atoms with Gasteiger partial charge in [-0.25, -0.2) is 9.97 Å². The van der Waals surface area contributed by atoms with Crippen LogP contribution in [0.3, 0.4) is 0 Å². The number of benzene rings is 1. The number of anilines is 1. The molecule has 2 heterocycles. The molecule has 0 unspecified atom stereocenters. The molecule has 0 spiro atoms. The molecule has 0 atom stereocenters. The van der Waals surface area contributed by atoms with Gasteiger partial charge in [-0.3, -0.25) is 0 Å². The van der Waals surface area contributed by atoms with Crippen LogP contribution in [0.4, 0.5) is 5.82 Å². The third-order valence-electron chi connectivity index (χ3n) is 3.07. The summed E-state index contributed by atoms with van der Waals surface area (Å²) in [6.45, 7) is 3.22. The highest BCUT2D eigenvalue weighted by molar-refractivity contribution is 5.42. The summed E-state index contributed by atoms with van der Waals surface area (Å²) in [5.74, 6) is 7.55. The summed E-state index contributed by atoms with van der Waals surface area (Å²) in [5.41, 5.74) is 0.966. The fraction of sp³-hybridized carbons (Fsp3) is 0.250. The molecule has 0 bridgehead atoms. The Kier molecular flexibility index (Phi) is 3.91. The van der Waals surface area contributed by atoms with Gasteiger partial charge in [0, 0.05) is 24.8 Å². The number of aromatic nitrogens is 2. The molecule has 1 saturated heterocycles. The normalized spacial score (nSPS) is 14.5. The van der Waals surface area contributed by atoms with Crippen LogP contribution in [0.15, 0.2) is 42.6 Å². The first-order chi connectivity index (χ1) is 9.92. The highest BCUT2D eigenvalue weighted by Gasteiger charge is 2.12. The van der Waals surface area contributed by atoms with Gasteiger partial charge in [0.15, 0.2) is 0 Å².